The Kier molecular flexibility index (Phi) is 22.4. The van der Waals surface area contributed by atoms with Gasteiger partial charge in [-0.2, -0.15) is 11.3 Å². The third-order valence-corrected chi connectivity index (χ3v) is 16.4. The second-order valence-corrected chi connectivity index (χ2v) is 22.4. The van der Waals surface area contributed by atoms with Gasteiger partial charge in [0.25, 0.3) is 0 Å². The van der Waals surface area contributed by atoms with Gasteiger partial charge < -0.3 is 33.8 Å². The van der Waals surface area contributed by atoms with E-state index in [1.807, 2.05) is 144 Å². The summed E-state index contributed by atoms with van der Waals surface area (Å²) in [5.41, 5.74) is 15.1. The molecule has 86 heavy (non-hydrogen) atoms. The van der Waals surface area contributed by atoms with Gasteiger partial charge in [-0.1, -0.05) is 134 Å². The van der Waals surface area contributed by atoms with Crippen LogP contribution >= 0.6 is 34.5 Å². The Labute approximate surface area is 518 Å². The van der Waals surface area contributed by atoms with Crippen molar-refractivity contribution in [1.82, 2.24) is 29.7 Å². The van der Waals surface area contributed by atoms with Gasteiger partial charge in [-0.25, -0.2) is 0 Å². The summed E-state index contributed by atoms with van der Waals surface area (Å²) in [5.74, 6) is -0.0357. The fraction of sp³-hybridized carbons (Fsp3) is 0.257. The van der Waals surface area contributed by atoms with E-state index in [0.717, 1.165) is 79.0 Å². The van der Waals surface area contributed by atoms with Crippen molar-refractivity contribution in [3.05, 3.63) is 249 Å². The number of rotatable bonds is 14. The number of morpholine rings is 3. The highest BCUT2D eigenvalue weighted by molar-refractivity contribution is 7.08. The summed E-state index contributed by atoms with van der Waals surface area (Å²) in [6.45, 7) is 12.4. The number of halogens is 2. The molecule has 3 amide bonds. The number of aromatic nitrogens is 3. The van der Waals surface area contributed by atoms with Crippen LogP contribution in [-0.2, 0) is 48.2 Å². The molecule has 16 heteroatoms. The van der Waals surface area contributed by atoms with Crippen molar-refractivity contribution >= 4 is 57.9 Å². The van der Waals surface area contributed by atoms with Crippen LogP contribution in [0.5, 0.6) is 0 Å². The van der Waals surface area contributed by atoms with E-state index >= 15 is 0 Å². The molecule has 442 valence electrons. The van der Waals surface area contributed by atoms with Crippen molar-refractivity contribution in [2.75, 3.05) is 58.1 Å². The molecule has 3 aliphatic heterocycles. The van der Waals surface area contributed by atoms with Crippen LogP contribution in [0, 0.1) is 6.92 Å². The number of aryl methyl sites for hydroxylation is 1. The zero-order valence-electron chi connectivity index (χ0n) is 49.1. The fourth-order valence-corrected chi connectivity index (χ4v) is 11.5. The molecule has 0 bridgehead atoms. The maximum atomic E-state index is 12.9. The molecule has 5 aromatic carbocycles. The largest absolute Gasteiger partial charge is 0.375 e. The Hall–Kier alpha value is -8.08. The van der Waals surface area contributed by atoms with E-state index in [0.29, 0.717) is 49.5 Å². The first-order chi connectivity index (χ1) is 42.0. The van der Waals surface area contributed by atoms with Gasteiger partial charge >= 0.3 is 0 Å². The van der Waals surface area contributed by atoms with E-state index in [4.69, 9.17) is 37.4 Å². The standard InChI is InChI=1S/C26H29N3O2.C22H19ClN2O2.C20H17ClN2O2S.C2H6/c1-4-28(3)22-7-5-6-21(14-22)23-12-13-27-15-24(23)25-17-31-18-26(30)29(25)16-20-10-8-19(2)9-11-20;23-18-8-6-16(7-9-18)13-25-21(14-27-15-22(25)26)20-12-24-11-10-19(20)17-4-2-1-3-5-17;21-16-3-1-14(2-4-16)10-23-19(11-25-12-20(23)24)18-9-22-7-5-17(18)15-6-8-26-13-15;1-2/h5-15,25H,4,16-18H2,1-3H3;1-12,21H,13-15H2;1-9,13,19H,10-12H2;1-2H3. The Balaban J connectivity index is 0.000000152. The number of hydrogen-bond donors (Lipinski definition) is 0. The quantitative estimate of drug-likeness (QED) is 0.104. The van der Waals surface area contributed by atoms with Crippen molar-refractivity contribution in [3.8, 4) is 33.4 Å². The molecule has 3 aliphatic rings. The summed E-state index contributed by atoms with van der Waals surface area (Å²) < 4.78 is 16.8. The summed E-state index contributed by atoms with van der Waals surface area (Å²) in [6.07, 6.45) is 10.9. The van der Waals surface area contributed by atoms with Crippen LogP contribution in [0.4, 0.5) is 5.69 Å². The molecule has 0 saturated carbocycles. The van der Waals surface area contributed by atoms with E-state index in [1.165, 1.54) is 5.56 Å². The lowest BCUT2D eigenvalue weighted by Crippen LogP contribution is -2.43. The van der Waals surface area contributed by atoms with Gasteiger partial charge in [0.05, 0.1) is 37.9 Å². The molecule has 4 aromatic heterocycles. The lowest BCUT2D eigenvalue weighted by atomic mass is 9.95. The number of hydrogen-bond acceptors (Lipinski definition) is 11. The lowest BCUT2D eigenvalue weighted by molar-refractivity contribution is -0.150. The smallest absolute Gasteiger partial charge is 0.249 e. The average Bonchev–Trinajstić information content (AvgIpc) is 1.97. The van der Waals surface area contributed by atoms with Gasteiger partial charge in [0.15, 0.2) is 0 Å². The molecule has 0 spiro atoms. The van der Waals surface area contributed by atoms with E-state index in [2.05, 4.69) is 113 Å². The fourth-order valence-electron chi connectivity index (χ4n) is 10.6. The molecule has 3 saturated heterocycles. The Morgan fingerprint density at radius 1 is 0.512 bits per heavy atom. The van der Waals surface area contributed by atoms with Crippen molar-refractivity contribution < 1.29 is 28.6 Å². The molecule has 7 heterocycles. The van der Waals surface area contributed by atoms with Crippen LogP contribution in [0.3, 0.4) is 0 Å². The van der Waals surface area contributed by atoms with E-state index in [9.17, 15) is 14.4 Å². The first-order valence-electron chi connectivity index (χ1n) is 28.9. The first-order valence-corrected chi connectivity index (χ1v) is 30.6. The molecular weight excluding hydrogens is 1140 g/mol. The van der Waals surface area contributed by atoms with Crippen LogP contribution in [0.25, 0.3) is 33.4 Å². The Bertz CT molecular complexity index is 3630. The topological polar surface area (TPSA) is 131 Å². The van der Waals surface area contributed by atoms with E-state index < -0.39 is 0 Å². The number of nitrogens with zero attached hydrogens (tertiary/aromatic N) is 7. The summed E-state index contributed by atoms with van der Waals surface area (Å²) >= 11 is 13.6. The molecule has 3 atom stereocenters. The molecule has 0 aliphatic carbocycles. The number of thiophene rings is 1. The highest BCUT2D eigenvalue weighted by Crippen LogP contribution is 2.38. The second-order valence-electron chi connectivity index (χ2n) is 20.7. The summed E-state index contributed by atoms with van der Waals surface area (Å²) in [7, 11) is 2.09. The maximum absolute atomic E-state index is 12.9. The van der Waals surface area contributed by atoms with Crippen molar-refractivity contribution in [3.63, 3.8) is 0 Å². The van der Waals surface area contributed by atoms with Crippen LogP contribution < -0.4 is 4.90 Å². The maximum Gasteiger partial charge on any atom is 0.249 e. The predicted octanol–water partition coefficient (Wildman–Crippen LogP) is 14.7. The van der Waals surface area contributed by atoms with Gasteiger partial charge in [-0.15, -0.1) is 0 Å². The SMILES string of the molecule is CC.CCN(C)c1cccc(-c2ccncc2C2COCC(=O)N2Cc2ccc(C)cc2)c1.O=C1COCC(c2cnccc2-c2ccccc2)N1Cc1ccc(Cl)cc1.O=C1COCC(c2cnccc2-c2ccsc2)N1Cc1ccc(Cl)cc1. The Morgan fingerprint density at radius 2 is 0.919 bits per heavy atom. The highest BCUT2D eigenvalue weighted by atomic mass is 35.5. The van der Waals surface area contributed by atoms with Crippen LogP contribution in [0.2, 0.25) is 10.0 Å². The predicted molar refractivity (Wildman–Crippen MR) is 344 cm³/mol. The van der Waals surface area contributed by atoms with Gasteiger partial charge in [0.1, 0.15) is 19.8 Å². The van der Waals surface area contributed by atoms with Gasteiger partial charge in [-0.3, -0.25) is 29.3 Å². The number of ether oxygens (including phenoxy) is 3. The monoisotopic (exact) mass is 1210 g/mol. The third kappa shape index (κ3) is 15.9. The van der Waals surface area contributed by atoms with Gasteiger partial charge in [0, 0.05) is 103 Å². The minimum absolute atomic E-state index is 0.00564. The molecule has 0 radical (unpaired) electrons. The summed E-state index contributed by atoms with van der Waals surface area (Å²) in [5, 5.41) is 5.52. The summed E-state index contributed by atoms with van der Waals surface area (Å²) in [6, 6.07) is 49.7. The molecule has 9 aromatic rings. The number of carbonyl (C=O) groups is 3. The molecule has 3 fully saturated rings. The number of amides is 3. The molecular formula is C70H71Cl2N7O6S. The van der Waals surface area contributed by atoms with Crippen molar-refractivity contribution in [2.45, 2.75) is 65.5 Å². The molecule has 3 unspecified atom stereocenters. The van der Waals surface area contributed by atoms with Crippen LogP contribution in [0.1, 0.15) is 77.8 Å². The zero-order chi connectivity index (χ0) is 60.4. The number of anilines is 1. The van der Waals surface area contributed by atoms with Crippen molar-refractivity contribution in [1.29, 1.82) is 0 Å². The second kappa shape index (κ2) is 30.8. The van der Waals surface area contributed by atoms with Crippen molar-refractivity contribution in [2.24, 2.45) is 0 Å². The van der Waals surface area contributed by atoms with E-state index in [1.54, 1.807) is 23.7 Å². The first kappa shape index (κ1) is 62.5. The minimum atomic E-state index is -0.189. The highest BCUT2D eigenvalue weighted by Gasteiger charge is 2.35. The lowest BCUT2D eigenvalue weighted by Gasteiger charge is -2.36. The number of carbonyl (C=O) groups excluding carboxylic acids is 3. The number of benzene rings is 5. The molecule has 13 nitrogen and oxygen atoms in total. The third-order valence-electron chi connectivity index (χ3n) is 15.2. The van der Waals surface area contributed by atoms with E-state index in [-0.39, 0.29) is 55.7 Å². The zero-order valence-corrected chi connectivity index (χ0v) is 51.4. The number of pyridine rings is 3. The normalized spacial score (nSPS) is 16.7. The summed E-state index contributed by atoms with van der Waals surface area (Å²) in [4.78, 5) is 59.0. The average molecular weight is 1210 g/mol. The van der Waals surface area contributed by atoms with Crippen LogP contribution in [-0.4, -0.2) is 101 Å². The molecule has 12 rings (SSSR count). The Morgan fingerprint density at radius 3 is 1.34 bits per heavy atom. The van der Waals surface area contributed by atoms with Gasteiger partial charge in [0.2, 0.25) is 17.7 Å². The van der Waals surface area contributed by atoms with Crippen LogP contribution in [0.15, 0.2) is 200 Å². The molecule has 0 N–H and O–H groups in total. The van der Waals surface area contributed by atoms with Gasteiger partial charge in [-0.05, 0) is 135 Å². The minimum Gasteiger partial charge on any atom is -0.375 e.